The van der Waals surface area contributed by atoms with Gasteiger partial charge in [-0.25, -0.2) is 34.9 Å². The van der Waals surface area contributed by atoms with Gasteiger partial charge in [0.1, 0.15) is 5.69 Å². The van der Waals surface area contributed by atoms with E-state index in [1.165, 1.54) is 54.4 Å². The molecule has 12 heteroatoms. The molecule has 12 nitrogen and oxygen atoms in total. The standard InChI is InChI=1S/2C50H32N6/c1-3-14-33(15-4-1)43-30-44(34-16-5-2-6-17-34)54-50(53-43)36-31-51-49(52-32-36)35-26-27-48-42(28-35)41-22-9-12-25-47(41)56(48)38-19-13-18-37(29-38)55-45-23-10-7-20-39(45)40-21-8-11-24-46(40)55;1-3-14-33(15-4-1)42-30-43(34-16-5-2-6-17-34)54-50(53-42)45-32-51-44(31-52-45)35-26-27-49-41(28-35)40-22-9-12-25-48(40)56(49)37-19-13-18-36(29-37)55-46-23-10-7-20-38(46)39-21-8-11-24-47(39)55/h2*1-32H. The van der Waals surface area contributed by atoms with Crippen molar-refractivity contribution >= 4 is 87.2 Å². The summed E-state index contributed by atoms with van der Waals surface area (Å²) in [7, 11) is 0. The smallest absolute Gasteiger partial charge is 0.180 e. The molecule has 0 aliphatic carbocycles. The summed E-state index contributed by atoms with van der Waals surface area (Å²) in [6.07, 6.45) is 7.26. The third-order valence-electron chi connectivity index (χ3n) is 21.3. The first-order valence-electron chi connectivity index (χ1n) is 37.4. The fourth-order valence-electron chi connectivity index (χ4n) is 16.1. The number of nitrogens with zero attached hydrogens (tertiary/aromatic N) is 12. The fourth-order valence-corrected chi connectivity index (χ4v) is 16.1. The third-order valence-corrected chi connectivity index (χ3v) is 21.3. The molecule has 0 saturated heterocycles. The molecule has 0 aliphatic heterocycles. The Balaban J connectivity index is 0.000000141. The molecule has 0 unspecified atom stereocenters. The van der Waals surface area contributed by atoms with Gasteiger partial charge in [0.05, 0.1) is 90.6 Å². The Morgan fingerprint density at radius 2 is 0.438 bits per heavy atom. The molecule has 0 spiro atoms. The molecule has 0 amide bonds. The maximum absolute atomic E-state index is 4.97. The summed E-state index contributed by atoms with van der Waals surface area (Å²) < 4.78 is 9.46. The van der Waals surface area contributed by atoms with Crippen molar-refractivity contribution in [3.05, 3.63) is 389 Å². The quantitative estimate of drug-likeness (QED) is 0.119. The number of para-hydroxylation sites is 6. The van der Waals surface area contributed by atoms with Gasteiger partial charge in [-0.15, -0.1) is 0 Å². The predicted octanol–water partition coefficient (Wildman–Crippen LogP) is 24.3. The largest absolute Gasteiger partial charge is 0.309 e. The summed E-state index contributed by atoms with van der Waals surface area (Å²) in [6.45, 7) is 0. The van der Waals surface area contributed by atoms with Crippen LogP contribution < -0.4 is 0 Å². The van der Waals surface area contributed by atoms with Crippen LogP contribution >= 0.6 is 0 Å². The Bertz CT molecular complexity index is 6690. The molecule has 0 saturated carbocycles. The number of fused-ring (bicyclic) bond motifs is 12. The Hall–Kier alpha value is -15.4. The minimum absolute atomic E-state index is 0.533. The van der Waals surface area contributed by atoms with Crippen LogP contribution in [-0.4, -0.2) is 58.1 Å². The Morgan fingerprint density at radius 3 is 0.786 bits per heavy atom. The molecular weight excluding hydrogens is 1370 g/mol. The maximum atomic E-state index is 4.97. The van der Waals surface area contributed by atoms with Crippen LogP contribution in [0.15, 0.2) is 389 Å². The Labute approximate surface area is 643 Å². The second-order valence-electron chi connectivity index (χ2n) is 27.9. The lowest BCUT2D eigenvalue weighted by Crippen LogP contribution is -1.99. The van der Waals surface area contributed by atoms with Crippen molar-refractivity contribution in [1.29, 1.82) is 0 Å². The van der Waals surface area contributed by atoms with Crippen molar-refractivity contribution < 1.29 is 0 Å². The second kappa shape index (κ2) is 27.4. The van der Waals surface area contributed by atoms with Crippen LogP contribution in [0.25, 0.3) is 201 Å². The van der Waals surface area contributed by atoms with E-state index in [0.29, 0.717) is 23.2 Å². The lowest BCUT2D eigenvalue weighted by atomic mass is 10.1. The number of benzene rings is 14. The molecule has 0 fully saturated rings. The second-order valence-corrected chi connectivity index (χ2v) is 27.9. The van der Waals surface area contributed by atoms with Crippen LogP contribution in [0.5, 0.6) is 0 Å². The number of hydrogen-bond donors (Lipinski definition) is 0. The SMILES string of the molecule is c1ccc(-c2cc(-c3ccccc3)nc(-c3cnc(-c4ccc5c(c4)c4ccccc4n5-c4cccc(-n5c6ccccc6c6ccccc65)c4)cn3)n2)cc1.c1ccc(-c2cc(-c3ccccc3)nc(-c3cnc(-c4ccc5c(c4)c4ccccc4n5-c4cccc(-n5c6ccccc6c6ccccc65)c4)nc3)n2)cc1. The van der Waals surface area contributed by atoms with Crippen molar-refractivity contribution in [3.63, 3.8) is 0 Å². The zero-order chi connectivity index (χ0) is 74.0. The lowest BCUT2D eigenvalue weighted by Gasteiger charge is -2.13. The molecule has 14 aromatic carbocycles. The highest BCUT2D eigenvalue weighted by atomic mass is 15.0. The van der Waals surface area contributed by atoms with Gasteiger partial charge in [0.25, 0.3) is 0 Å². The number of rotatable bonds is 12. The summed E-state index contributed by atoms with van der Waals surface area (Å²) in [5, 5.41) is 9.63. The number of aromatic nitrogens is 12. The predicted molar refractivity (Wildman–Crippen MR) is 456 cm³/mol. The number of hydrogen-bond acceptors (Lipinski definition) is 8. The van der Waals surface area contributed by atoms with Crippen LogP contribution in [0.4, 0.5) is 0 Å². The molecule has 0 N–H and O–H groups in total. The molecule has 8 aromatic heterocycles. The van der Waals surface area contributed by atoms with Crippen LogP contribution in [0.3, 0.4) is 0 Å². The van der Waals surface area contributed by atoms with E-state index in [2.05, 4.69) is 297 Å². The monoisotopic (exact) mass is 1430 g/mol. The van der Waals surface area contributed by atoms with E-state index in [-0.39, 0.29) is 0 Å². The summed E-state index contributed by atoms with van der Waals surface area (Å²) >= 11 is 0. The molecule has 0 aliphatic rings. The molecule has 22 rings (SSSR count). The summed E-state index contributed by atoms with van der Waals surface area (Å²) in [5.41, 5.74) is 25.2. The van der Waals surface area contributed by atoms with E-state index in [1.54, 1.807) is 6.20 Å². The van der Waals surface area contributed by atoms with E-state index in [9.17, 15) is 0 Å². The highest BCUT2D eigenvalue weighted by molar-refractivity contribution is 6.13. The normalized spacial score (nSPS) is 11.6. The average Bonchev–Trinajstić information content (AvgIpc) is 1.59. The molecule has 22 aromatic rings. The zero-order valence-electron chi connectivity index (χ0n) is 60.3. The molecular formula is C100H64N12. The van der Waals surface area contributed by atoms with Gasteiger partial charge in [0.2, 0.25) is 0 Å². The van der Waals surface area contributed by atoms with Gasteiger partial charge in [-0.05, 0) is 115 Å². The average molecular weight is 1430 g/mol. The maximum Gasteiger partial charge on any atom is 0.180 e. The van der Waals surface area contributed by atoms with E-state index in [1.807, 2.05) is 104 Å². The highest BCUT2D eigenvalue weighted by Crippen LogP contribution is 2.41. The van der Waals surface area contributed by atoms with Crippen LogP contribution in [0.1, 0.15) is 0 Å². The van der Waals surface area contributed by atoms with Crippen molar-refractivity contribution in [3.8, 4) is 113 Å². The van der Waals surface area contributed by atoms with Gasteiger partial charge in [0.15, 0.2) is 17.5 Å². The lowest BCUT2D eigenvalue weighted by molar-refractivity contribution is 1.12. The highest BCUT2D eigenvalue weighted by Gasteiger charge is 2.22. The van der Waals surface area contributed by atoms with Crippen molar-refractivity contribution in [2.75, 3.05) is 0 Å². The summed E-state index contributed by atoms with van der Waals surface area (Å²) in [6, 6.07) is 127. The van der Waals surface area contributed by atoms with Gasteiger partial charge in [0, 0.05) is 112 Å². The van der Waals surface area contributed by atoms with Crippen LogP contribution in [-0.2, 0) is 0 Å². The van der Waals surface area contributed by atoms with E-state index >= 15 is 0 Å². The van der Waals surface area contributed by atoms with E-state index in [4.69, 9.17) is 39.9 Å². The third kappa shape index (κ3) is 11.5. The molecule has 0 radical (unpaired) electrons. The van der Waals surface area contributed by atoms with Gasteiger partial charge in [-0.2, -0.15) is 0 Å². The summed E-state index contributed by atoms with van der Waals surface area (Å²) in [5.74, 6) is 1.76. The molecule has 0 bridgehead atoms. The van der Waals surface area contributed by atoms with Gasteiger partial charge < -0.3 is 18.3 Å². The summed E-state index contributed by atoms with van der Waals surface area (Å²) in [4.78, 5) is 39.3. The molecule has 8 heterocycles. The molecule has 524 valence electrons. The molecule has 112 heavy (non-hydrogen) atoms. The zero-order valence-corrected chi connectivity index (χ0v) is 60.3. The Kier molecular flexibility index (Phi) is 15.9. The van der Waals surface area contributed by atoms with Gasteiger partial charge in [-0.1, -0.05) is 249 Å². The van der Waals surface area contributed by atoms with Crippen LogP contribution in [0, 0.1) is 0 Å². The van der Waals surface area contributed by atoms with Gasteiger partial charge >= 0.3 is 0 Å². The minimum atomic E-state index is 0.533. The topological polar surface area (TPSA) is 123 Å². The van der Waals surface area contributed by atoms with Crippen molar-refractivity contribution in [2.24, 2.45) is 0 Å². The van der Waals surface area contributed by atoms with Gasteiger partial charge in [-0.3, -0.25) is 4.98 Å². The van der Waals surface area contributed by atoms with Crippen molar-refractivity contribution in [1.82, 2.24) is 58.1 Å². The van der Waals surface area contributed by atoms with Crippen molar-refractivity contribution in [2.45, 2.75) is 0 Å². The van der Waals surface area contributed by atoms with Crippen LogP contribution in [0.2, 0.25) is 0 Å². The first-order chi connectivity index (χ1) is 55.5. The fraction of sp³-hybridized carbons (Fsp3) is 0. The molecule has 0 atom stereocenters. The van der Waals surface area contributed by atoms with E-state index < -0.39 is 0 Å². The minimum Gasteiger partial charge on any atom is -0.309 e. The first kappa shape index (κ1) is 64.9. The Morgan fingerprint density at radius 1 is 0.152 bits per heavy atom. The first-order valence-corrected chi connectivity index (χ1v) is 37.4. The van der Waals surface area contributed by atoms with E-state index in [0.717, 1.165) is 123 Å².